The average molecular weight is 539 g/mol. The summed E-state index contributed by atoms with van der Waals surface area (Å²) in [4.78, 5) is 41.9. The first-order chi connectivity index (χ1) is 18.7. The highest BCUT2D eigenvalue weighted by atomic mass is 16.5. The quantitative estimate of drug-likeness (QED) is 0.228. The molecular formula is C29H42N6O4. The van der Waals surface area contributed by atoms with Gasteiger partial charge in [0.2, 0.25) is 11.8 Å². The lowest BCUT2D eigenvalue weighted by Gasteiger charge is -2.32. The van der Waals surface area contributed by atoms with E-state index in [1.807, 2.05) is 25.2 Å². The van der Waals surface area contributed by atoms with Crippen molar-refractivity contribution in [1.29, 1.82) is 5.41 Å². The number of amides is 2. The average Bonchev–Trinajstić information content (AvgIpc) is 3.63. The van der Waals surface area contributed by atoms with Crippen LogP contribution in [0.1, 0.15) is 63.6 Å². The van der Waals surface area contributed by atoms with Gasteiger partial charge < -0.3 is 25.3 Å². The molecule has 0 spiro atoms. The molecule has 39 heavy (non-hydrogen) atoms. The standard InChI is InChI=1S/C29H42N6O4/c1-4-39-29(38)24(32-19(2)36)13-16-34-14-6-8-25(34)28(37)35-15-5-7-22(35)11-12-23-17-20-9-10-21(27(30)31)18-26(20)33(23)3/h9-10,17-18,22,24-25H,4-8,11-16H2,1-3H3,(H3,30,31)(H,32,36)/t22-,24-,25+/m0/s1. The SMILES string of the molecule is CCOC(=O)[C@H](CCN1CCC[C@@H]1C(=O)N1CCC[C@H]1CCc1cc2ccc(C(=N)N)cc2n1C)NC(C)=O. The molecule has 1 aromatic carbocycles. The van der Waals surface area contributed by atoms with Crippen LogP contribution < -0.4 is 11.1 Å². The number of ether oxygens (including phenoxy) is 1. The predicted octanol–water partition coefficient (Wildman–Crippen LogP) is 2.31. The van der Waals surface area contributed by atoms with Gasteiger partial charge in [-0.2, -0.15) is 0 Å². The molecule has 2 amide bonds. The molecule has 2 aromatic rings. The maximum absolute atomic E-state index is 13.7. The third-order valence-corrected chi connectivity index (χ3v) is 8.15. The van der Waals surface area contributed by atoms with E-state index in [9.17, 15) is 14.4 Å². The second-order valence-corrected chi connectivity index (χ2v) is 10.7. The van der Waals surface area contributed by atoms with Gasteiger partial charge in [0, 0.05) is 49.9 Å². The number of aryl methyl sites for hydroxylation is 2. The van der Waals surface area contributed by atoms with Crippen molar-refractivity contribution in [3.05, 3.63) is 35.5 Å². The molecule has 1 aromatic heterocycles. The van der Waals surface area contributed by atoms with E-state index in [-0.39, 0.29) is 36.3 Å². The third kappa shape index (κ3) is 6.61. The molecule has 3 heterocycles. The Hall–Kier alpha value is -3.40. The minimum Gasteiger partial charge on any atom is -0.464 e. The molecule has 2 saturated heterocycles. The van der Waals surface area contributed by atoms with E-state index < -0.39 is 12.0 Å². The summed E-state index contributed by atoms with van der Waals surface area (Å²) in [6.07, 6.45) is 5.94. The molecule has 3 atom stereocenters. The summed E-state index contributed by atoms with van der Waals surface area (Å²) in [7, 11) is 2.04. The Kier molecular flexibility index (Phi) is 9.27. The maximum Gasteiger partial charge on any atom is 0.328 e. The lowest BCUT2D eigenvalue weighted by molar-refractivity contribution is -0.147. The summed E-state index contributed by atoms with van der Waals surface area (Å²) < 4.78 is 7.30. The summed E-state index contributed by atoms with van der Waals surface area (Å²) in [5, 5.41) is 11.5. The Morgan fingerprint density at radius 1 is 1.18 bits per heavy atom. The highest BCUT2D eigenvalue weighted by Crippen LogP contribution is 2.28. The number of fused-ring (bicyclic) bond motifs is 1. The Bertz CT molecular complexity index is 1220. The number of carbonyl (C=O) groups excluding carboxylic acids is 3. The predicted molar refractivity (Wildman–Crippen MR) is 150 cm³/mol. The van der Waals surface area contributed by atoms with Gasteiger partial charge in [0.1, 0.15) is 11.9 Å². The van der Waals surface area contributed by atoms with Crippen molar-refractivity contribution in [3.63, 3.8) is 0 Å². The van der Waals surface area contributed by atoms with E-state index in [4.69, 9.17) is 15.9 Å². The Labute approximate surface area is 230 Å². The van der Waals surface area contributed by atoms with Crippen LogP contribution in [0.5, 0.6) is 0 Å². The van der Waals surface area contributed by atoms with Gasteiger partial charge in [-0.1, -0.05) is 12.1 Å². The van der Waals surface area contributed by atoms with E-state index in [1.165, 1.54) is 12.6 Å². The number of aromatic nitrogens is 1. The lowest BCUT2D eigenvalue weighted by atomic mass is 10.1. The second kappa shape index (κ2) is 12.6. The molecule has 2 aliphatic rings. The highest BCUT2D eigenvalue weighted by Gasteiger charge is 2.38. The largest absolute Gasteiger partial charge is 0.464 e. The Balaban J connectivity index is 1.38. The van der Waals surface area contributed by atoms with Crippen LogP contribution >= 0.6 is 0 Å². The molecular weight excluding hydrogens is 496 g/mol. The van der Waals surface area contributed by atoms with Gasteiger partial charge in [0.05, 0.1) is 12.6 Å². The number of rotatable bonds is 11. The van der Waals surface area contributed by atoms with Gasteiger partial charge >= 0.3 is 5.97 Å². The molecule has 4 N–H and O–H groups in total. The minimum atomic E-state index is -0.703. The molecule has 212 valence electrons. The number of benzene rings is 1. The number of nitrogens with two attached hydrogens (primary N) is 1. The molecule has 0 unspecified atom stereocenters. The lowest BCUT2D eigenvalue weighted by Crippen LogP contribution is -2.49. The zero-order chi connectivity index (χ0) is 28.1. The Morgan fingerprint density at radius 3 is 2.67 bits per heavy atom. The first kappa shape index (κ1) is 28.6. The summed E-state index contributed by atoms with van der Waals surface area (Å²) in [6.45, 7) is 5.54. The van der Waals surface area contributed by atoms with E-state index in [2.05, 4.69) is 25.8 Å². The van der Waals surface area contributed by atoms with E-state index >= 15 is 0 Å². The van der Waals surface area contributed by atoms with Gasteiger partial charge in [-0.3, -0.25) is 19.9 Å². The van der Waals surface area contributed by atoms with Crippen molar-refractivity contribution in [1.82, 2.24) is 19.7 Å². The Morgan fingerprint density at radius 2 is 1.95 bits per heavy atom. The van der Waals surface area contributed by atoms with Crippen LogP contribution in [0.15, 0.2) is 24.3 Å². The number of nitrogens with one attached hydrogen (secondary N) is 2. The fourth-order valence-corrected chi connectivity index (χ4v) is 6.13. The van der Waals surface area contributed by atoms with Crippen LogP contribution in [-0.2, 0) is 32.6 Å². The van der Waals surface area contributed by atoms with Crippen molar-refractivity contribution >= 4 is 34.5 Å². The first-order valence-electron chi connectivity index (χ1n) is 14.1. The normalized spacial score (nSPS) is 20.3. The zero-order valence-electron chi connectivity index (χ0n) is 23.4. The van der Waals surface area contributed by atoms with E-state index in [0.717, 1.165) is 68.1 Å². The van der Waals surface area contributed by atoms with Gasteiger partial charge in [0.15, 0.2) is 0 Å². The van der Waals surface area contributed by atoms with Crippen LogP contribution in [0.4, 0.5) is 0 Å². The van der Waals surface area contributed by atoms with Crippen LogP contribution in [0, 0.1) is 5.41 Å². The number of esters is 1. The molecule has 2 aliphatic heterocycles. The molecule has 0 radical (unpaired) electrons. The van der Waals surface area contributed by atoms with E-state index in [0.29, 0.717) is 13.0 Å². The highest BCUT2D eigenvalue weighted by molar-refractivity contribution is 5.98. The third-order valence-electron chi connectivity index (χ3n) is 8.15. The smallest absolute Gasteiger partial charge is 0.328 e. The van der Waals surface area contributed by atoms with Gasteiger partial charge in [-0.15, -0.1) is 0 Å². The molecule has 0 bridgehead atoms. The monoisotopic (exact) mass is 538 g/mol. The van der Waals surface area contributed by atoms with Crippen LogP contribution in [-0.4, -0.2) is 82.4 Å². The summed E-state index contributed by atoms with van der Waals surface area (Å²) in [6, 6.07) is 7.35. The van der Waals surface area contributed by atoms with Crippen molar-refractivity contribution in [3.8, 4) is 0 Å². The fourth-order valence-electron chi connectivity index (χ4n) is 6.13. The number of carbonyl (C=O) groups is 3. The van der Waals surface area contributed by atoms with Gasteiger partial charge in [-0.05, 0) is 75.9 Å². The summed E-state index contributed by atoms with van der Waals surface area (Å²) >= 11 is 0. The number of nitrogen functional groups attached to an aromatic ring is 1. The van der Waals surface area contributed by atoms with Crippen LogP contribution in [0.3, 0.4) is 0 Å². The molecule has 0 aliphatic carbocycles. The first-order valence-corrected chi connectivity index (χ1v) is 14.1. The number of hydrogen-bond donors (Lipinski definition) is 3. The summed E-state index contributed by atoms with van der Waals surface area (Å²) in [5.74, 6) is -0.453. The zero-order valence-corrected chi connectivity index (χ0v) is 23.4. The van der Waals surface area contributed by atoms with Crippen molar-refractivity contribution in [2.75, 3.05) is 26.2 Å². The fraction of sp³-hybridized carbons (Fsp3) is 0.586. The molecule has 10 heteroatoms. The van der Waals surface area contributed by atoms with Gasteiger partial charge in [-0.25, -0.2) is 4.79 Å². The molecule has 4 rings (SSSR count). The maximum atomic E-state index is 13.7. The van der Waals surface area contributed by atoms with E-state index in [1.54, 1.807) is 6.92 Å². The van der Waals surface area contributed by atoms with Crippen molar-refractivity contribution in [2.45, 2.75) is 76.9 Å². The van der Waals surface area contributed by atoms with Crippen molar-refractivity contribution < 1.29 is 19.1 Å². The number of hydrogen-bond acceptors (Lipinski definition) is 6. The minimum absolute atomic E-state index is 0.0623. The molecule has 0 saturated carbocycles. The molecule has 10 nitrogen and oxygen atoms in total. The van der Waals surface area contributed by atoms with Crippen LogP contribution in [0.25, 0.3) is 10.9 Å². The number of amidine groups is 1. The number of nitrogens with zero attached hydrogens (tertiary/aromatic N) is 3. The molecule has 2 fully saturated rings. The summed E-state index contributed by atoms with van der Waals surface area (Å²) in [5.41, 5.74) is 8.66. The topological polar surface area (TPSA) is 134 Å². The van der Waals surface area contributed by atoms with Crippen LogP contribution in [0.2, 0.25) is 0 Å². The number of likely N-dealkylation sites (tertiary alicyclic amines) is 2. The van der Waals surface area contributed by atoms with Gasteiger partial charge in [0.25, 0.3) is 0 Å². The van der Waals surface area contributed by atoms with Crippen molar-refractivity contribution in [2.24, 2.45) is 12.8 Å². The second-order valence-electron chi connectivity index (χ2n) is 10.7.